The van der Waals surface area contributed by atoms with Gasteiger partial charge in [0, 0.05) is 23.7 Å². The molecule has 0 spiro atoms. The number of hydrogen-bond acceptors (Lipinski definition) is 4. The fourth-order valence-corrected chi connectivity index (χ4v) is 3.07. The molecule has 0 saturated carbocycles. The standard InChI is InChI=1S/C12H21N3S/c1-3-6-15(11-4-5-13-7-11)8-12-14-10(2)9-16-12/h9,11,13H,3-8H2,1-2H3. The maximum atomic E-state index is 4.56. The number of aromatic nitrogens is 1. The molecule has 4 heteroatoms. The summed E-state index contributed by atoms with van der Waals surface area (Å²) >= 11 is 1.79. The molecule has 0 bridgehead atoms. The van der Waals surface area contributed by atoms with Crippen LogP contribution in [0.3, 0.4) is 0 Å². The Morgan fingerprint density at radius 1 is 1.62 bits per heavy atom. The number of rotatable bonds is 5. The highest BCUT2D eigenvalue weighted by Crippen LogP contribution is 2.16. The van der Waals surface area contributed by atoms with E-state index in [1.54, 1.807) is 11.3 Å². The lowest BCUT2D eigenvalue weighted by Gasteiger charge is -2.26. The monoisotopic (exact) mass is 239 g/mol. The molecule has 1 aromatic rings. The first-order valence-electron chi connectivity index (χ1n) is 6.15. The highest BCUT2D eigenvalue weighted by Gasteiger charge is 2.22. The Morgan fingerprint density at radius 2 is 2.50 bits per heavy atom. The zero-order valence-electron chi connectivity index (χ0n) is 10.2. The smallest absolute Gasteiger partial charge is 0.107 e. The first-order chi connectivity index (χ1) is 7.79. The van der Waals surface area contributed by atoms with Crippen LogP contribution in [0.2, 0.25) is 0 Å². The third-order valence-corrected chi connectivity index (χ3v) is 4.02. The van der Waals surface area contributed by atoms with Gasteiger partial charge in [-0.25, -0.2) is 4.98 Å². The van der Waals surface area contributed by atoms with Crippen molar-refractivity contribution < 1.29 is 0 Å². The Bertz CT molecular complexity index is 318. The normalized spacial score (nSPS) is 20.8. The van der Waals surface area contributed by atoms with E-state index in [0.29, 0.717) is 6.04 Å². The zero-order chi connectivity index (χ0) is 11.4. The fraction of sp³-hybridized carbons (Fsp3) is 0.750. The lowest BCUT2D eigenvalue weighted by atomic mass is 10.2. The van der Waals surface area contributed by atoms with Crippen LogP contribution >= 0.6 is 11.3 Å². The Balaban J connectivity index is 1.96. The van der Waals surface area contributed by atoms with Gasteiger partial charge in [-0.2, -0.15) is 0 Å². The minimum atomic E-state index is 0.712. The molecular weight excluding hydrogens is 218 g/mol. The molecule has 0 amide bonds. The van der Waals surface area contributed by atoms with E-state index in [2.05, 4.69) is 34.4 Å². The molecule has 0 aliphatic carbocycles. The minimum absolute atomic E-state index is 0.712. The summed E-state index contributed by atoms with van der Waals surface area (Å²) in [5.74, 6) is 0. The minimum Gasteiger partial charge on any atom is -0.315 e. The highest BCUT2D eigenvalue weighted by molar-refractivity contribution is 7.09. The fourth-order valence-electron chi connectivity index (χ4n) is 2.28. The molecule has 1 unspecified atom stereocenters. The Labute approximate surface area is 102 Å². The number of aryl methyl sites for hydroxylation is 1. The molecule has 1 aliphatic heterocycles. The molecule has 1 saturated heterocycles. The first kappa shape index (κ1) is 12.0. The van der Waals surface area contributed by atoms with E-state index in [-0.39, 0.29) is 0 Å². The van der Waals surface area contributed by atoms with Crippen LogP contribution in [0, 0.1) is 6.92 Å². The summed E-state index contributed by atoms with van der Waals surface area (Å²) in [5, 5.41) is 6.85. The lowest BCUT2D eigenvalue weighted by molar-refractivity contribution is 0.199. The summed E-state index contributed by atoms with van der Waals surface area (Å²) < 4.78 is 0. The average Bonchev–Trinajstić information content (AvgIpc) is 2.88. The number of thiazole rings is 1. The molecule has 1 aromatic heterocycles. The molecule has 1 atom stereocenters. The van der Waals surface area contributed by atoms with Gasteiger partial charge in [0.2, 0.25) is 0 Å². The molecule has 2 heterocycles. The largest absolute Gasteiger partial charge is 0.315 e. The van der Waals surface area contributed by atoms with Gasteiger partial charge in [-0.15, -0.1) is 11.3 Å². The van der Waals surface area contributed by atoms with Gasteiger partial charge in [-0.05, 0) is 32.9 Å². The van der Waals surface area contributed by atoms with Gasteiger partial charge in [-0.1, -0.05) is 6.92 Å². The van der Waals surface area contributed by atoms with E-state index < -0.39 is 0 Å². The average molecular weight is 239 g/mol. The predicted molar refractivity (Wildman–Crippen MR) is 68.8 cm³/mol. The summed E-state index contributed by atoms with van der Waals surface area (Å²) in [7, 11) is 0. The summed E-state index contributed by atoms with van der Waals surface area (Å²) in [6, 6.07) is 0.712. The van der Waals surface area contributed by atoms with Gasteiger partial charge in [0.25, 0.3) is 0 Å². The van der Waals surface area contributed by atoms with Crippen LogP contribution < -0.4 is 5.32 Å². The maximum absolute atomic E-state index is 4.56. The second-order valence-corrected chi connectivity index (χ2v) is 5.44. The second-order valence-electron chi connectivity index (χ2n) is 4.50. The molecule has 90 valence electrons. The van der Waals surface area contributed by atoms with Crippen molar-refractivity contribution in [2.24, 2.45) is 0 Å². The molecule has 3 nitrogen and oxygen atoms in total. The molecule has 1 fully saturated rings. The van der Waals surface area contributed by atoms with E-state index >= 15 is 0 Å². The molecule has 2 rings (SSSR count). The van der Waals surface area contributed by atoms with Crippen LogP contribution in [-0.4, -0.2) is 35.6 Å². The van der Waals surface area contributed by atoms with Crippen molar-refractivity contribution in [3.8, 4) is 0 Å². The molecule has 1 aliphatic rings. The second kappa shape index (κ2) is 5.75. The van der Waals surface area contributed by atoms with Crippen molar-refractivity contribution >= 4 is 11.3 Å². The Hall–Kier alpha value is -0.450. The number of nitrogens with one attached hydrogen (secondary N) is 1. The molecule has 0 aromatic carbocycles. The molecular formula is C12H21N3S. The maximum Gasteiger partial charge on any atom is 0.107 e. The predicted octanol–water partition coefficient (Wildman–Crippen LogP) is 2.03. The van der Waals surface area contributed by atoms with Crippen LogP contribution in [0.5, 0.6) is 0 Å². The van der Waals surface area contributed by atoms with Gasteiger partial charge < -0.3 is 5.32 Å². The quantitative estimate of drug-likeness (QED) is 0.852. The third kappa shape index (κ3) is 3.03. The Kier molecular flexibility index (Phi) is 4.32. The first-order valence-corrected chi connectivity index (χ1v) is 7.03. The van der Waals surface area contributed by atoms with Crippen molar-refractivity contribution in [3.05, 3.63) is 16.1 Å². The topological polar surface area (TPSA) is 28.2 Å². The van der Waals surface area contributed by atoms with Crippen LogP contribution in [0.1, 0.15) is 30.5 Å². The van der Waals surface area contributed by atoms with E-state index in [9.17, 15) is 0 Å². The van der Waals surface area contributed by atoms with Gasteiger partial charge in [0.15, 0.2) is 0 Å². The van der Waals surface area contributed by atoms with Gasteiger partial charge >= 0.3 is 0 Å². The van der Waals surface area contributed by atoms with Gasteiger partial charge in [-0.3, -0.25) is 4.90 Å². The van der Waals surface area contributed by atoms with Crippen molar-refractivity contribution in [2.75, 3.05) is 19.6 Å². The van der Waals surface area contributed by atoms with E-state index in [0.717, 1.165) is 18.8 Å². The third-order valence-electron chi connectivity index (χ3n) is 3.07. The van der Waals surface area contributed by atoms with Gasteiger partial charge in [0.1, 0.15) is 5.01 Å². The molecule has 1 N–H and O–H groups in total. The van der Waals surface area contributed by atoms with Crippen LogP contribution in [-0.2, 0) is 6.54 Å². The Morgan fingerprint density at radius 3 is 3.06 bits per heavy atom. The molecule has 16 heavy (non-hydrogen) atoms. The summed E-state index contributed by atoms with van der Waals surface area (Å²) in [6.07, 6.45) is 2.51. The molecule has 0 radical (unpaired) electrons. The summed E-state index contributed by atoms with van der Waals surface area (Å²) in [4.78, 5) is 7.14. The number of nitrogens with zero attached hydrogens (tertiary/aromatic N) is 2. The summed E-state index contributed by atoms with van der Waals surface area (Å²) in [5.41, 5.74) is 1.15. The van der Waals surface area contributed by atoms with Crippen molar-refractivity contribution in [1.29, 1.82) is 0 Å². The van der Waals surface area contributed by atoms with Crippen LogP contribution in [0.25, 0.3) is 0 Å². The van der Waals surface area contributed by atoms with Crippen molar-refractivity contribution in [1.82, 2.24) is 15.2 Å². The van der Waals surface area contributed by atoms with Crippen molar-refractivity contribution in [3.63, 3.8) is 0 Å². The number of hydrogen-bond donors (Lipinski definition) is 1. The highest BCUT2D eigenvalue weighted by atomic mass is 32.1. The van der Waals surface area contributed by atoms with Gasteiger partial charge in [0.05, 0.1) is 6.54 Å². The van der Waals surface area contributed by atoms with E-state index in [1.165, 1.54) is 30.9 Å². The van der Waals surface area contributed by atoms with Crippen molar-refractivity contribution in [2.45, 2.75) is 39.3 Å². The SMILES string of the molecule is CCCN(Cc1nc(C)cs1)C1CCNC1. The lowest BCUT2D eigenvalue weighted by Crippen LogP contribution is -2.36. The van der Waals surface area contributed by atoms with E-state index in [4.69, 9.17) is 0 Å². The van der Waals surface area contributed by atoms with E-state index in [1.807, 2.05) is 0 Å². The zero-order valence-corrected chi connectivity index (χ0v) is 11.0. The van der Waals surface area contributed by atoms with Crippen LogP contribution in [0.4, 0.5) is 0 Å². The van der Waals surface area contributed by atoms with Crippen LogP contribution in [0.15, 0.2) is 5.38 Å². The summed E-state index contributed by atoms with van der Waals surface area (Å²) in [6.45, 7) is 8.85.